The molecule has 0 radical (unpaired) electrons. The summed E-state index contributed by atoms with van der Waals surface area (Å²) in [5.74, 6) is 0. The first kappa shape index (κ1) is 15.2. The van der Waals surface area contributed by atoms with Gasteiger partial charge in [-0.25, -0.2) is 0 Å². The van der Waals surface area contributed by atoms with E-state index >= 15 is 0 Å². The van der Waals surface area contributed by atoms with Crippen molar-refractivity contribution in [3.05, 3.63) is 20.8 Å². The van der Waals surface area contributed by atoms with Crippen molar-refractivity contribution in [2.75, 3.05) is 6.54 Å². The van der Waals surface area contributed by atoms with Crippen molar-refractivity contribution in [1.29, 1.82) is 0 Å². The zero-order valence-electron chi connectivity index (χ0n) is 11.6. The lowest BCUT2D eigenvalue weighted by Crippen LogP contribution is -2.38. The monoisotopic (exact) mass is 317 g/mol. The van der Waals surface area contributed by atoms with Gasteiger partial charge in [0.2, 0.25) is 0 Å². The fourth-order valence-corrected chi connectivity index (χ4v) is 3.50. The Morgan fingerprint density at radius 3 is 2.35 bits per heavy atom. The minimum absolute atomic E-state index is 0.222. The number of rotatable bonds is 5. The molecule has 0 aliphatic heterocycles. The maximum Gasteiger partial charge on any atom is 0.0314 e. The molecule has 1 heterocycles. The van der Waals surface area contributed by atoms with E-state index in [0.29, 0.717) is 5.41 Å². The third-order valence-electron chi connectivity index (χ3n) is 2.79. The summed E-state index contributed by atoms with van der Waals surface area (Å²) in [6.07, 6.45) is 2.35. The highest BCUT2D eigenvalue weighted by atomic mass is 79.9. The summed E-state index contributed by atoms with van der Waals surface area (Å²) in [5.41, 5.74) is 0.575. The highest BCUT2D eigenvalue weighted by Crippen LogP contribution is 2.32. The van der Waals surface area contributed by atoms with E-state index in [9.17, 15) is 0 Å². The van der Waals surface area contributed by atoms with Crippen molar-refractivity contribution in [3.8, 4) is 0 Å². The summed E-state index contributed by atoms with van der Waals surface area (Å²) < 4.78 is 1.26. The largest absolute Gasteiger partial charge is 0.312 e. The van der Waals surface area contributed by atoms with Crippen LogP contribution in [0.4, 0.5) is 0 Å². The van der Waals surface area contributed by atoms with Gasteiger partial charge in [0.1, 0.15) is 0 Å². The van der Waals surface area contributed by atoms with E-state index in [1.807, 2.05) is 11.3 Å². The molecule has 0 aliphatic rings. The van der Waals surface area contributed by atoms with E-state index in [-0.39, 0.29) is 5.54 Å². The minimum atomic E-state index is 0.222. The Balaban J connectivity index is 2.44. The van der Waals surface area contributed by atoms with Crippen LogP contribution in [-0.2, 0) is 6.42 Å². The maximum atomic E-state index is 3.61. The Kier molecular flexibility index (Phi) is 5.23. The zero-order valence-corrected chi connectivity index (χ0v) is 14.0. The quantitative estimate of drug-likeness (QED) is 0.818. The van der Waals surface area contributed by atoms with E-state index in [2.05, 4.69) is 67.3 Å². The normalized spacial score (nSPS) is 13.1. The molecule has 0 aliphatic carbocycles. The SMILES string of the molecule is CC(C)(CCNC(C)(C)C)Cc1sccc1Br. The van der Waals surface area contributed by atoms with Crippen LogP contribution in [0.3, 0.4) is 0 Å². The van der Waals surface area contributed by atoms with E-state index in [0.717, 1.165) is 13.0 Å². The highest BCUT2D eigenvalue weighted by molar-refractivity contribution is 9.10. The predicted molar refractivity (Wildman–Crippen MR) is 81.9 cm³/mol. The lowest BCUT2D eigenvalue weighted by Gasteiger charge is -2.27. The highest BCUT2D eigenvalue weighted by Gasteiger charge is 2.21. The number of halogens is 1. The molecule has 17 heavy (non-hydrogen) atoms. The molecule has 0 aromatic carbocycles. The van der Waals surface area contributed by atoms with Crippen LogP contribution < -0.4 is 5.32 Å². The van der Waals surface area contributed by atoms with Crippen LogP contribution >= 0.6 is 27.3 Å². The van der Waals surface area contributed by atoms with Gasteiger partial charge in [0, 0.05) is 14.9 Å². The van der Waals surface area contributed by atoms with Gasteiger partial charge in [-0.05, 0) is 72.9 Å². The van der Waals surface area contributed by atoms with Crippen LogP contribution in [0.15, 0.2) is 15.9 Å². The third kappa shape index (κ3) is 6.03. The molecule has 0 saturated heterocycles. The molecular weight excluding hydrogens is 294 g/mol. The number of hydrogen-bond donors (Lipinski definition) is 1. The van der Waals surface area contributed by atoms with Crippen LogP contribution in [0.1, 0.15) is 45.9 Å². The van der Waals surface area contributed by atoms with Gasteiger partial charge in [0.05, 0.1) is 0 Å². The second kappa shape index (κ2) is 5.85. The van der Waals surface area contributed by atoms with Crippen molar-refractivity contribution in [3.63, 3.8) is 0 Å². The molecule has 0 fully saturated rings. The van der Waals surface area contributed by atoms with E-state index in [1.165, 1.54) is 15.8 Å². The first-order chi connectivity index (χ1) is 7.70. The van der Waals surface area contributed by atoms with Crippen molar-refractivity contribution >= 4 is 27.3 Å². The number of nitrogens with one attached hydrogen (secondary N) is 1. The molecule has 1 N–H and O–H groups in total. The topological polar surface area (TPSA) is 12.0 Å². The summed E-state index contributed by atoms with van der Waals surface area (Å²) in [7, 11) is 0. The first-order valence-electron chi connectivity index (χ1n) is 6.17. The van der Waals surface area contributed by atoms with Crippen molar-refractivity contribution in [2.45, 2.75) is 53.0 Å². The third-order valence-corrected chi connectivity index (χ3v) is 4.71. The lowest BCUT2D eigenvalue weighted by atomic mass is 9.85. The van der Waals surface area contributed by atoms with Gasteiger partial charge >= 0.3 is 0 Å². The van der Waals surface area contributed by atoms with Crippen molar-refractivity contribution < 1.29 is 0 Å². The Labute approximate surface area is 118 Å². The summed E-state index contributed by atoms with van der Waals surface area (Å²) >= 11 is 5.46. The van der Waals surface area contributed by atoms with E-state index in [4.69, 9.17) is 0 Å². The molecular formula is C14H24BrNS. The summed E-state index contributed by atoms with van der Waals surface area (Å²) in [4.78, 5) is 1.46. The molecule has 1 aromatic rings. The smallest absolute Gasteiger partial charge is 0.0314 e. The molecule has 1 rings (SSSR count). The van der Waals surface area contributed by atoms with Gasteiger partial charge in [-0.15, -0.1) is 11.3 Å². The molecule has 98 valence electrons. The van der Waals surface area contributed by atoms with Gasteiger partial charge in [-0.3, -0.25) is 0 Å². The molecule has 0 amide bonds. The molecule has 0 saturated carbocycles. The zero-order chi connectivity index (χ0) is 13.1. The second-order valence-corrected chi connectivity index (χ2v) is 8.31. The maximum absolute atomic E-state index is 3.61. The fraction of sp³-hybridized carbons (Fsp3) is 0.714. The molecule has 1 aromatic heterocycles. The lowest BCUT2D eigenvalue weighted by molar-refractivity contribution is 0.304. The van der Waals surface area contributed by atoms with Crippen molar-refractivity contribution in [1.82, 2.24) is 5.32 Å². The molecule has 0 bridgehead atoms. The van der Waals surface area contributed by atoms with Crippen LogP contribution in [0.2, 0.25) is 0 Å². The van der Waals surface area contributed by atoms with Crippen LogP contribution in [0.5, 0.6) is 0 Å². The average molecular weight is 318 g/mol. The summed E-state index contributed by atoms with van der Waals surface area (Å²) in [5, 5.41) is 5.72. The molecule has 1 nitrogen and oxygen atoms in total. The van der Waals surface area contributed by atoms with Gasteiger partial charge in [-0.2, -0.15) is 0 Å². The summed E-state index contributed by atoms with van der Waals surface area (Å²) in [6.45, 7) is 12.4. The van der Waals surface area contributed by atoms with Gasteiger partial charge < -0.3 is 5.32 Å². The molecule has 3 heteroatoms. The van der Waals surface area contributed by atoms with Gasteiger partial charge in [-0.1, -0.05) is 13.8 Å². The van der Waals surface area contributed by atoms with Crippen LogP contribution in [0, 0.1) is 5.41 Å². The number of thiophene rings is 1. The Morgan fingerprint density at radius 2 is 1.88 bits per heavy atom. The second-order valence-electron chi connectivity index (χ2n) is 6.46. The standard InChI is InChI=1S/C14H24BrNS/c1-13(2,3)16-8-7-14(4,5)10-12-11(15)6-9-17-12/h6,9,16H,7-8,10H2,1-5H3. The Bertz CT molecular complexity index is 349. The number of hydrogen-bond acceptors (Lipinski definition) is 2. The van der Waals surface area contributed by atoms with E-state index in [1.54, 1.807) is 0 Å². The van der Waals surface area contributed by atoms with Crippen LogP contribution in [0.25, 0.3) is 0 Å². The van der Waals surface area contributed by atoms with E-state index < -0.39 is 0 Å². The first-order valence-corrected chi connectivity index (χ1v) is 7.84. The predicted octanol–water partition coefficient (Wildman–Crippen LogP) is 4.86. The van der Waals surface area contributed by atoms with Crippen LogP contribution in [-0.4, -0.2) is 12.1 Å². The molecule has 0 atom stereocenters. The van der Waals surface area contributed by atoms with Crippen molar-refractivity contribution in [2.24, 2.45) is 5.41 Å². The Morgan fingerprint density at radius 1 is 1.24 bits per heavy atom. The average Bonchev–Trinajstić information content (AvgIpc) is 2.48. The molecule has 0 spiro atoms. The molecule has 0 unspecified atom stereocenters. The van der Waals surface area contributed by atoms with Gasteiger partial charge in [0.15, 0.2) is 0 Å². The minimum Gasteiger partial charge on any atom is -0.312 e. The summed E-state index contributed by atoms with van der Waals surface area (Å²) in [6, 6.07) is 2.14. The Hall–Kier alpha value is 0.140. The fourth-order valence-electron chi connectivity index (χ4n) is 1.75. The van der Waals surface area contributed by atoms with Gasteiger partial charge in [0.25, 0.3) is 0 Å².